The maximum atomic E-state index is 8.90. The number of rotatable bonds is 1. The third kappa shape index (κ3) is 2.45. The number of halogens is 1. The Labute approximate surface area is 84.4 Å². The summed E-state index contributed by atoms with van der Waals surface area (Å²) in [5, 5.41) is 9.63. The Morgan fingerprint density at radius 3 is 2.31 bits per heavy atom. The minimum atomic E-state index is 0.0458. The molecule has 0 aliphatic heterocycles. The average Bonchev–Trinajstić information content (AvgIpc) is 2.01. The van der Waals surface area contributed by atoms with Gasteiger partial charge in [0.25, 0.3) is 0 Å². The lowest BCUT2D eigenvalue weighted by Crippen LogP contribution is -2.11. The summed E-state index contributed by atoms with van der Waals surface area (Å²) in [6.45, 7) is 6.40. The first-order valence-corrected chi connectivity index (χ1v) is 4.72. The smallest absolute Gasteiger partial charge is 0.0682 e. The summed E-state index contributed by atoms with van der Waals surface area (Å²) in [6.07, 6.45) is 0. The molecule has 1 nitrogen and oxygen atoms in total. The Morgan fingerprint density at radius 2 is 1.92 bits per heavy atom. The van der Waals surface area contributed by atoms with Gasteiger partial charge in [0.15, 0.2) is 0 Å². The molecule has 2 heteroatoms. The lowest BCUT2D eigenvalue weighted by molar-refractivity contribution is 0.282. The maximum Gasteiger partial charge on any atom is 0.0682 e. The van der Waals surface area contributed by atoms with Gasteiger partial charge < -0.3 is 5.11 Å². The number of benzene rings is 1. The lowest BCUT2D eigenvalue weighted by atomic mass is 9.86. The molecule has 13 heavy (non-hydrogen) atoms. The van der Waals surface area contributed by atoms with E-state index < -0.39 is 0 Å². The summed E-state index contributed by atoms with van der Waals surface area (Å²) in [7, 11) is 0. The highest BCUT2D eigenvalue weighted by Crippen LogP contribution is 2.29. The van der Waals surface area contributed by atoms with Crippen LogP contribution in [0.1, 0.15) is 31.9 Å². The predicted molar refractivity (Wildman–Crippen MR) is 56.1 cm³/mol. The summed E-state index contributed by atoms with van der Waals surface area (Å²) in [5.41, 5.74) is 2.04. The second kappa shape index (κ2) is 3.69. The van der Waals surface area contributed by atoms with Crippen LogP contribution >= 0.6 is 11.6 Å². The van der Waals surface area contributed by atoms with Gasteiger partial charge in [-0.15, -0.1) is 0 Å². The van der Waals surface area contributed by atoms with Crippen LogP contribution in [-0.2, 0) is 12.0 Å². The van der Waals surface area contributed by atoms with Crippen LogP contribution in [0.15, 0.2) is 18.2 Å². The largest absolute Gasteiger partial charge is 0.392 e. The Morgan fingerprint density at radius 1 is 1.31 bits per heavy atom. The molecule has 1 aromatic rings. The van der Waals surface area contributed by atoms with Crippen LogP contribution in [0.25, 0.3) is 0 Å². The third-order valence-electron chi connectivity index (χ3n) is 2.02. The van der Waals surface area contributed by atoms with Gasteiger partial charge in [-0.1, -0.05) is 44.5 Å². The Bertz CT molecular complexity index is 299. The van der Waals surface area contributed by atoms with E-state index in [1.54, 1.807) is 0 Å². The number of aliphatic hydroxyl groups excluding tert-OH is 1. The van der Waals surface area contributed by atoms with E-state index in [0.717, 1.165) is 16.1 Å². The second-order valence-electron chi connectivity index (χ2n) is 4.22. The SMILES string of the molecule is CC(C)(C)c1ccc(CO)cc1Cl. The molecule has 0 unspecified atom stereocenters. The van der Waals surface area contributed by atoms with Crippen molar-refractivity contribution in [3.05, 3.63) is 34.3 Å². The van der Waals surface area contributed by atoms with E-state index in [4.69, 9.17) is 16.7 Å². The van der Waals surface area contributed by atoms with E-state index in [0.29, 0.717) is 0 Å². The number of hydrogen-bond acceptors (Lipinski definition) is 1. The van der Waals surface area contributed by atoms with Crippen LogP contribution in [0.3, 0.4) is 0 Å². The minimum absolute atomic E-state index is 0.0458. The molecule has 72 valence electrons. The fraction of sp³-hybridized carbons (Fsp3) is 0.455. The number of hydrogen-bond donors (Lipinski definition) is 1. The van der Waals surface area contributed by atoms with Crippen LogP contribution < -0.4 is 0 Å². The quantitative estimate of drug-likeness (QED) is 0.735. The Kier molecular flexibility index (Phi) is 2.99. The molecular formula is C11H15ClO. The first kappa shape index (κ1) is 10.6. The Balaban J connectivity index is 3.13. The zero-order valence-corrected chi connectivity index (χ0v) is 9.02. The van der Waals surface area contributed by atoms with Gasteiger partial charge in [0.05, 0.1) is 6.61 Å². The summed E-state index contributed by atoms with van der Waals surface area (Å²) < 4.78 is 0. The van der Waals surface area contributed by atoms with E-state index in [1.165, 1.54) is 0 Å². The molecular weight excluding hydrogens is 184 g/mol. The van der Waals surface area contributed by atoms with Gasteiger partial charge in [-0.25, -0.2) is 0 Å². The molecule has 1 rings (SSSR count). The topological polar surface area (TPSA) is 20.2 Å². The van der Waals surface area contributed by atoms with E-state index >= 15 is 0 Å². The van der Waals surface area contributed by atoms with Crippen molar-refractivity contribution in [1.29, 1.82) is 0 Å². The number of aliphatic hydroxyl groups is 1. The van der Waals surface area contributed by atoms with Gasteiger partial charge in [0.1, 0.15) is 0 Å². The zero-order chi connectivity index (χ0) is 10.1. The highest BCUT2D eigenvalue weighted by molar-refractivity contribution is 6.31. The van der Waals surface area contributed by atoms with Crippen LogP contribution in [0.5, 0.6) is 0 Å². The molecule has 0 saturated carbocycles. The van der Waals surface area contributed by atoms with Gasteiger partial charge in [-0.05, 0) is 22.6 Å². The van der Waals surface area contributed by atoms with E-state index in [1.807, 2.05) is 18.2 Å². The molecule has 0 spiro atoms. The molecule has 0 aliphatic rings. The second-order valence-corrected chi connectivity index (χ2v) is 4.63. The lowest BCUT2D eigenvalue weighted by Gasteiger charge is -2.20. The standard InChI is InChI=1S/C11H15ClO/c1-11(2,3)9-5-4-8(7-13)6-10(9)12/h4-6,13H,7H2,1-3H3. The van der Waals surface area contributed by atoms with Gasteiger partial charge in [-0.3, -0.25) is 0 Å². The maximum absolute atomic E-state index is 8.90. The fourth-order valence-corrected chi connectivity index (χ4v) is 1.75. The molecule has 0 aliphatic carbocycles. The van der Waals surface area contributed by atoms with E-state index in [9.17, 15) is 0 Å². The predicted octanol–water partition coefficient (Wildman–Crippen LogP) is 3.13. The van der Waals surface area contributed by atoms with Crippen LogP contribution in [0.2, 0.25) is 5.02 Å². The zero-order valence-electron chi connectivity index (χ0n) is 8.26. The summed E-state index contributed by atoms with van der Waals surface area (Å²) in [5.74, 6) is 0. The van der Waals surface area contributed by atoms with Gasteiger partial charge >= 0.3 is 0 Å². The van der Waals surface area contributed by atoms with Crippen molar-refractivity contribution < 1.29 is 5.11 Å². The molecule has 0 amide bonds. The van der Waals surface area contributed by atoms with Gasteiger partial charge in [-0.2, -0.15) is 0 Å². The molecule has 0 radical (unpaired) electrons. The summed E-state index contributed by atoms with van der Waals surface area (Å²) >= 11 is 6.08. The summed E-state index contributed by atoms with van der Waals surface area (Å²) in [6, 6.07) is 5.71. The van der Waals surface area contributed by atoms with Crippen LogP contribution in [0, 0.1) is 0 Å². The fourth-order valence-electron chi connectivity index (χ4n) is 1.27. The van der Waals surface area contributed by atoms with Crippen molar-refractivity contribution in [1.82, 2.24) is 0 Å². The first-order valence-electron chi connectivity index (χ1n) is 4.35. The van der Waals surface area contributed by atoms with E-state index in [2.05, 4.69) is 20.8 Å². The van der Waals surface area contributed by atoms with Crippen molar-refractivity contribution in [3.8, 4) is 0 Å². The Hall–Kier alpha value is -0.530. The molecule has 0 saturated heterocycles. The average molecular weight is 199 g/mol. The van der Waals surface area contributed by atoms with Crippen molar-refractivity contribution in [2.45, 2.75) is 32.8 Å². The van der Waals surface area contributed by atoms with Gasteiger partial charge in [0.2, 0.25) is 0 Å². The minimum Gasteiger partial charge on any atom is -0.392 e. The van der Waals surface area contributed by atoms with E-state index in [-0.39, 0.29) is 12.0 Å². The van der Waals surface area contributed by atoms with Crippen LogP contribution in [-0.4, -0.2) is 5.11 Å². The molecule has 0 fully saturated rings. The first-order chi connectivity index (χ1) is 5.95. The summed E-state index contributed by atoms with van der Waals surface area (Å²) in [4.78, 5) is 0. The highest BCUT2D eigenvalue weighted by atomic mass is 35.5. The molecule has 0 atom stereocenters. The monoisotopic (exact) mass is 198 g/mol. The van der Waals surface area contributed by atoms with Crippen molar-refractivity contribution >= 4 is 11.6 Å². The molecule has 0 aromatic heterocycles. The van der Waals surface area contributed by atoms with Crippen molar-refractivity contribution in [2.24, 2.45) is 0 Å². The van der Waals surface area contributed by atoms with Crippen molar-refractivity contribution in [3.63, 3.8) is 0 Å². The third-order valence-corrected chi connectivity index (χ3v) is 2.34. The highest BCUT2D eigenvalue weighted by Gasteiger charge is 2.16. The van der Waals surface area contributed by atoms with Crippen LogP contribution in [0.4, 0.5) is 0 Å². The molecule has 0 heterocycles. The normalized spacial score (nSPS) is 11.8. The molecule has 0 bridgehead atoms. The molecule has 1 N–H and O–H groups in total. The molecule has 1 aromatic carbocycles. The van der Waals surface area contributed by atoms with Gasteiger partial charge in [0, 0.05) is 5.02 Å². The van der Waals surface area contributed by atoms with Crippen molar-refractivity contribution in [2.75, 3.05) is 0 Å².